The number of carbonyl (C=O) groups is 1. The first kappa shape index (κ1) is 23.2. The van der Waals surface area contributed by atoms with E-state index in [2.05, 4.69) is 46.6 Å². The molecule has 1 aromatic rings. The maximum Gasteiger partial charge on any atom is 0.236 e. The van der Waals surface area contributed by atoms with Crippen LogP contribution in [0.5, 0.6) is 0 Å². The summed E-state index contributed by atoms with van der Waals surface area (Å²) in [5.74, 6) is 1.02. The minimum Gasteiger partial charge on any atom is -0.357 e. The van der Waals surface area contributed by atoms with E-state index in [1.165, 1.54) is 0 Å². The SMILES string of the molecule is CCNC(=NCC(c1cnn(C)c1)N(C)C)NC1CCN(CC(=O)N(C)C)CC1. The highest BCUT2D eigenvalue weighted by molar-refractivity contribution is 5.80. The molecule has 9 heteroatoms. The molecule has 0 radical (unpaired) electrons. The number of amides is 1. The fourth-order valence-corrected chi connectivity index (χ4v) is 3.44. The summed E-state index contributed by atoms with van der Waals surface area (Å²) in [7, 11) is 9.69. The normalized spacial score (nSPS) is 17.4. The van der Waals surface area contributed by atoms with E-state index in [1.807, 2.05) is 38.2 Å². The first-order chi connectivity index (χ1) is 13.8. The molecule has 0 aromatic carbocycles. The van der Waals surface area contributed by atoms with E-state index in [-0.39, 0.29) is 11.9 Å². The molecule has 9 nitrogen and oxygen atoms in total. The number of nitrogens with zero attached hydrogens (tertiary/aromatic N) is 6. The van der Waals surface area contributed by atoms with Crippen molar-refractivity contribution in [1.82, 2.24) is 35.1 Å². The summed E-state index contributed by atoms with van der Waals surface area (Å²) in [4.78, 5) is 22.8. The quantitative estimate of drug-likeness (QED) is 0.472. The molecule has 1 aliphatic heterocycles. The number of rotatable bonds is 8. The Balaban J connectivity index is 1.91. The zero-order valence-corrected chi connectivity index (χ0v) is 18.9. The monoisotopic (exact) mass is 406 g/mol. The van der Waals surface area contributed by atoms with E-state index in [0.29, 0.717) is 19.1 Å². The smallest absolute Gasteiger partial charge is 0.236 e. The molecule has 2 N–H and O–H groups in total. The van der Waals surface area contributed by atoms with Crippen LogP contribution >= 0.6 is 0 Å². The third kappa shape index (κ3) is 7.32. The number of carbonyl (C=O) groups excluding carboxylic acids is 1. The molecule has 29 heavy (non-hydrogen) atoms. The highest BCUT2D eigenvalue weighted by atomic mass is 16.2. The molecule has 164 valence electrons. The van der Waals surface area contributed by atoms with Crippen LogP contribution in [0.4, 0.5) is 0 Å². The predicted molar refractivity (Wildman–Crippen MR) is 117 cm³/mol. The van der Waals surface area contributed by atoms with Gasteiger partial charge in [0.1, 0.15) is 0 Å². The Kier molecular flexibility index (Phi) is 8.91. The molecule has 2 rings (SSSR count). The number of likely N-dealkylation sites (N-methyl/N-ethyl adjacent to an activating group) is 2. The van der Waals surface area contributed by atoms with Crippen molar-refractivity contribution in [1.29, 1.82) is 0 Å². The third-order valence-electron chi connectivity index (χ3n) is 5.29. The van der Waals surface area contributed by atoms with Gasteiger partial charge in [0, 0.05) is 58.6 Å². The predicted octanol–water partition coefficient (Wildman–Crippen LogP) is 0.131. The minimum absolute atomic E-state index is 0.163. The van der Waals surface area contributed by atoms with Gasteiger partial charge in [0.25, 0.3) is 0 Å². The average molecular weight is 407 g/mol. The molecule has 0 aliphatic carbocycles. The zero-order valence-electron chi connectivity index (χ0n) is 18.9. The van der Waals surface area contributed by atoms with E-state index in [9.17, 15) is 4.79 Å². The molecule has 0 saturated carbocycles. The van der Waals surface area contributed by atoms with Crippen molar-refractivity contribution in [2.45, 2.75) is 31.8 Å². The Morgan fingerprint density at radius 1 is 1.31 bits per heavy atom. The number of aliphatic imine (C=N–C) groups is 1. The van der Waals surface area contributed by atoms with Gasteiger partial charge in [0.2, 0.25) is 5.91 Å². The van der Waals surface area contributed by atoms with Crippen LogP contribution in [0.3, 0.4) is 0 Å². The summed E-state index contributed by atoms with van der Waals surface area (Å²) in [6.45, 7) is 5.91. The Hall–Kier alpha value is -2.13. The summed E-state index contributed by atoms with van der Waals surface area (Å²) < 4.78 is 1.83. The molecule has 1 aromatic heterocycles. The maximum atomic E-state index is 11.9. The van der Waals surface area contributed by atoms with E-state index >= 15 is 0 Å². The minimum atomic E-state index is 0.163. The number of guanidine groups is 1. The van der Waals surface area contributed by atoms with Crippen molar-refractivity contribution in [3.63, 3.8) is 0 Å². The van der Waals surface area contributed by atoms with Crippen LogP contribution in [0.15, 0.2) is 17.4 Å². The Bertz CT molecular complexity index is 661. The lowest BCUT2D eigenvalue weighted by Gasteiger charge is -2.33. The number of aromatic nitrogens is 2. The lowest BCUT2D eigenvalue weighted by Crippen LogP contribution is -2.50. The highest BCUT2D eigenvalue weighted by Crippen LogP contribution is 2.17. The van der Waals surface area contributed by atoms with E-state index < -0.39 is 0 Å². The molecule has 1 saturated heterocycles. The molecular weight excluding hydrogens is 368 g/mol. The Morgan fingerprint density at radius 2 is 2.00 bits per heavy atom. The van der Waals surface area contributed by atoms with Crippen LogP contribution in [0, 0.1) is 0 Å². The first-order valence-corrected chi connectivity index (χ1v) is 10.4. The number of aryl methyl sites for hydroxylation is 1. The Labute approximate surface area is 175 Å². The molecule has 1 atom stereocenters. The lowest BCUT2D eigenvalue weighted by atomic mass is 10.1. The second-order valence-electron chi connectivity index (χ2n) is 8.13. The van der Waals surface area contributed by atoms with Gasteiger partial charge in [0.15, 0.2) is 5.96 Å². The standard InChI is InChI=1S/C20H38N8O/c1-7-21-20(22-13-18(25(2)3)16-12-23-27(6)14-16)24-17-8-10-28(11-9-17)15-19(29)26(4)5/h12,14,17-18H,7-11,13,15H2,1-6H3,(H2,21,22,24). The van der Waals surface area contributed by atoms with Crippen LogP contribution in [-0.2, 0) is 11.8 Å². The first-order valence-electron chi connectivity index (χ1n) is 10.4. The highest BCUT2D eigenvalue weighted by Gasteiger charge is 2.22. The maximum absolute atomic E-state index is 11.9. The number of piperidine rings is 1. The van der Waals surface area contributed by atoms with Crippen molar-refractivity contribution in [2.75, 3.05) is 60.9 Å². The second-order valence-corrected chi connectivity index (χ2v) is 8.13. The molecule has 2 heterocycles. The molecule has 1 fully saturated rings. The van der Waals surface area contributed by atoms with E-state index in [1.54, 1.807) is 4.90 Å². The van der Waals surface area contributed by atoms with Gasteiger partial charge in [-0.15, -0.1) is 0 Å². The molecule has 1 aliphatic rings. The summed E-state index contributed by atoms with van der Waals surface area (Å²) in [6.07, 6.45) is 5.96. The molecule has 1 amide bonds. The fraction of sp³-hybridized carbons (Fsp3) is 0.750. The van der Waals surface area contributed by atoms with Crippen molar-refractivity contribution in [3.05, 3.63) is 18.0 Å². The number of likely N-dealkylation sites (tertiary alicyclic amines) is 1. The van der Waals surface area contributed by atoms with Gasteiger partial charge in [-0.25, -0.2) is 0 Å². The summed E-state index contributed by atoms with van der Waals surface area (Å²) in [5, 5.41) is 11.2. The summed E-state index contributed by atoms with van der Waals surface area (Å²) in [6, 6.07) is 0.549. The van der Waals surface area contributed by atoms with Crippen molar-refractivity contribution in [3.8, 4) is 0 Å². The molecule has 1 unspecified atom stereocenters. The van der Waals surface area contributed by atoms with Gasteiger partial charge >= 0.3 is 0 Å². The topological polar surface area (TPSA) is 81.0 Å². The number of hydrogen-bond donors (Lipinski definition) is 2. The van der Waals surface area contributed by atoms with Gasteiger partial charge in [-0.1, -0.05) is 0 Å². The second kappa shape index (κ2) is 11.2. The number of hydrogen-bond acceptors (Lipinski definition) is 5. The van der Waals surface area contributed by atoms with E-state index in [0.717, 1.165) is 44.0 Å². The van der Waals surface area contributed by atoms with Crippen LogP contribution in [0.2, 0.25) is 0 Å². The third-order valence-corrected chi connectivity index (χ3v) is 5.29. The van der Waals surface area contributed by atoms with Crippen molar-refractivity contribution < 1.29 is 4.79 Å². The van der Waals surface area contributed by atoms with Crippen LogP contribution < -0.4 is 10.6 Å². The van der Waals surface area contributed by atoms with E-state index in [4.69, 9.17) is 4.99 Å². The van der Waals surface area contributed by atoms with Gasteiger partial charge in [-0.2, -0.15) is 5.10 Å². The average Bonchev–Trinajstić information content (AvgIpc) is 3.09. The van der Waals surface area contributed by atoms with Crippen LogP contribution in [0.25, 0.3) is 0 Å². The largest absolute Gasteiger partial charge is 0.357 e. The Morgan fingerprint density at radius 3 is 2.52 bits per heavy atom. The molecular formula is C20H38N8O. The van der Waals surface area contributed by atoms with Gasteiger partial charge < -0.3 is 20.4 Å². The molecule has 0 bridgehead atoms. The number of nitrogens with one attached hydrogen (secondary N) is 2. The van der Waals surface area contributed by atoms with Gasteiger partial charge in [-0.05, 0) is 33.9 Å². The summed E-state index contributed by atoms with van der Waals surface area (Å²) >= 11 is 0. The van der Waals surface area contributed by atoms with Gasteiger partial charge in [-0.3, -0.25) is 19.4 Å². The summed E-state index contributed by atoms with van der Waals surface area (Å²) in [5.41, 5.74) is 1.16. The van der Waals surface area contributed by atoms with Crippen molar-refractivity contribution >= 4 is 11.9 Å². The fourth-order valence-electron chi connectivity index (χ4n) is 3.44. The molecule has 0 spiro atoms. The van der Waals surface area contributed by atoms with Crippen LogP contribution in [0.1, 0.15) is 31.4 Å². The van der Waals surface area contributed by atoms with Crippen molar-refractivity contribution in [2.24, 2.45) is 12.0 Å². The van der Waals surface area contributed by atoms with Gasteiger partial charge in [0.05, 0.1) is 25.3 Å². The lowest BCUT2D eigenvalue weighted by molar-refractivity contribution is -0.130. The zero-order chi connectivity index (χ0) is 21.4. The van der Waals surface area contributed by atoms with Crippen LogP contribution in [-0.4, -0.2) is 103 Å².